The van der Waals surface area contributed by atoms with Crippen LogP contribution in [0.1, 0.15) is 0 Å². The lowest BCUT2D eigenvalue weighted by molar-refractivity contribution is 1.07. The molecule has 0 aliphatic carbocycles. The van der Waals surface area contributed by atoms with Crippen LogP contribution in [-0.2, 0) is 0 Å². The molecule has 5 heteroatoms. The molecule has 10 rings (SSSR count). The summed E-state index contributed by atoms with van der Waals surface area (Å²) in [5, 5.41) is 5.12. The average Bonchev–Trinajstić information content (AvgIpc) is 3.75. The van der Waals surface area contributed by atoms with Gasteiger partial charge in [-0.2, -0.15) is 0 Å². The Morgan fingerprint density at radius 3 is 1.64 bits per heavy atom. The van der Waals surface area contributed by atoms with E-state index < -0.39 is 0 Å². The van der Waals surface area contributed by atoms with E-state index in [1.54, 1.807) is 0 Å². The first-order valence-corrected chi connectivity index (χ1v) is 17.5. The molecule has 10 aromatic rings. The zero-order chi connectivity index (χ0) is 33.0. The summed E-state index contributed by atoms with van der Waals surface area (Å²) >= 11 is 1.88. The lowest BCUT2D eigenvalue weighted by atomic mass is 10.00. The molecule has 4 nitrogen and oxygen atoms in total. The molecule has 50 heavy (non-hydrogen) atoms. The predicted octanol–water partition coefficient (Wildman–Crippen LogP) is 12.0. The molecule has 0 aliphatic heterocycles. The van der Waals surface area contributed by atoms with Crippen LogP contribution in [0, 0.1) is 0 Å². The van der Waals surface area contributed by atoms with E-state index in [1.165, 1.54) is 53.2 Å². The Morgan fingerprint density at radius 2 is 0.920 bits per heavy atom. The molecule has 0 unspecified atom stereocenters. The number of hydrogen-bond acceptors (Lipinski definition) is 4. The monoisotopic (exact) mass is 656 g/mol. The first-order valence-electron chi connectivity index (χ1n) is 16.7. The molecule has 3 aromatic heterocycles. The molecule has 0 atom stereocenters. The van der Waals surface area contributed by atoms with E-state index in [-0.39, 0.29) is 0 Å². The Morgan fingerprint density at radius 1 is 0.380 bits per heavy atom. The first kappa shape index (κ1) is 28.6. The highest BCUT2D eigenvalue weighted by Crippen LogP contribution is 2.46. The van der Waals surface area contributed by atoms with Crippen molar-refractivity contribution in [2.24, 2.45) is 0 Å². The minimum absolute atomic E-state index is 0.651. The van der Waals surface area contributed by atoms with E-state index in [0.29, 0.717) is 17.5 Å². The van der Waals surface area contributed by atoms with Crippen LogP contribution in [0.2, 0.25) is 0 Å². The van der Waals surface area contributed by atoms with Gasteiger partial charge in [0.25, 0.3) is 0 Å². The number of para-hydroxylation sites is 2. The van der Waals surface area contributed by atoms with Gasteiger partial charge in [-0.25, -0.2) is 15.0 Å². The molecule has 0 bridgehead atoms. The summed E-state index contributed by atoms with van der Waals surface area (Å²) in [5.74, 6) is 1.97. The van der Waals surface area contributed by atoms with Crippen molar-refractivity contribution in [2.75, 3.05) is 0 Å². The Kier molecular flexibility index (Phi) is 6.64. The average molecular weight is 657 g/mol. The predicted molar refractivity (Wildman–Crippen MR) is 209 cm³/mol. The second-order valence-electron chi connectivity index (χ2n) is 12.4. The van der Waals surface area contributed by atoms with Crippen LogP contribution in [0.15, 0.2) is 170 Å². The summed E-state index contributed by atoms with van der Waals surface area (Å²) in [6.07, 6.45) is 0. The van der Waals surface area contributed by atoms with Crippen molar-refractivity contribution in [1.82, 2.24) is 19.5 Å². The van der Waals surface area contributed by atoms with Gasteiger partial charge in [-0.3, -0.25) is 0 Å². The van der Waals surface area contributed by atoms with Gasteiger partial charge in [0.05, 0.1) is 11.0 Å². The van der Waals surface area contributed by atoms with Gasteiger partial charge in [-0.05, 0) is 41.5 Å². The molecule has 0 amide bonds. The number of rotatable bonds is 5. The van der Waals surface area contributed by atoms with Crippen LogP contribution in [-0.4, -0.2) is 19.5 Å². The summed E-state index contributed by atoms with van der Waals surface area (Å²) in [7, 11) is 0. The van der Waals surface area contributed by atoms with Crippen LogP contribution in [0.4, 0.5) is 0 Å². The van der Waals surface area contributed by atoms with Crippen molar-refractivity contribution in [2.45, 2.75) is 0 Å². The third-order valence-electron chi connectivity index (χ3n) is 9.45. The zero-order valence-electron chi connectivity index (χ0n) is 26.9. The number of nitrogens with zero attached hydrogens (tertiary/aromatic N) is 4. The largest absolute Gasteiger partial charge is 0.309 e. The van der Waals surface area contributed by atoms with Gasteiger partial charge < -0.3 is 4.57 Å². The minimum atomic E-state index is 0.651. The molecule has 7 aromatic carbocycles. The third kappa shape index (κ3) is 4.63. The van der Waals surface area contributed by atoms with E-state index in [1.807, 2.05) is 72.0 Å². The molecule has 0 spiro atoms. The Hall–Kier alpha value is -6.43. The Bertz CT molecular complexity index is 2800. The van der Waals surface area contributed by atoms with Crippen molar-refractivity contribution in [3.05, 3.63) is 170 Å². The molecule has 3 heterocycles. The van der Waals surface area contributed by atoms with Crippen LogP contribution in [0.25, 0.3) is 93.0 Å². The number of thiophene rings is 1. The second kappa shape index (κ2) is 11.6. The van der Waals surface area contributed by atoms with E-state index in [9.17, 15) is 0 Å². The highest BCUT2D eigenvalue weighted by Gasteiger charge is 2.19. The van der Waals surface area contributed by atoms with Crippen molar-refractivity contribution in [1.29, 1.82) is 0 Å². The second-order valence-corrected chi connectivity index (χ2v) is 13.4. The number of aromatic nitrogens is 4. The summed E-state index contributed by atoms with van der Waals surface area (Å²) in [4.78, 5) is 14.9. The van der Waals surface area contributed by atoms with Gasteiger partial charge in [0.2, 0.25) is 0 Å². The molecule has 234 valence electrons. The van der Waals surface area contributed by atoms with E-state index in [4.69, 9.17) is 15.0 Å². The van der Waals surface area contributed by atoms with Crippen LogP contribution in [0.3, 0.4) is 0 Å². The fourth-order valence-electron chi connectivity index (χ4n) is 7.15. The molecule has 0 aliphatic rings. The maximum Gasteiger partial charge on any atom is 0.164 e. The maximum atomic E-state index is 5.00. The summed E-state index contributed by atoms with van der Waals surface area (Å²) in [5.41, 5.74) is 8.80. The molecule has 0 fully saturated rings. The van der Waals surface area contributed by atoms with E-state index >= 15 is 0 Å². The summed E-state index contributed by atoms with van der Waals surface area (Å²) in [6, 6.07) is 59.5. The quantitative estimate of drug-likeness (QED) is 0.185. The molecule has 0 saturated carbocycles. The van der Waals surface area contributed by atoms with Gasteiger partial charge in [0.15, 0.2) is 17.5 Å². The van der Waals surface area contributed by atoms with Crippen molar-refractivity contribution in [3.63, 3.8) is 0 Å². The normalized spacial score (nSPS) is 11.6. The SMILES string of the molecule is c1ccc(-c2nc(-c3ccccc3)nc(-c3cccc(-c4cccc5c4sc4c5ccc5c4c4ccccc4n5-c4ccccc4)c3)n2)cc1. The van der Waals surface area contributed by atoms with Gasteiger partial charge >= 0.3 is 0 Å². The molecule has 0 saturated heterocycles. The third-order valence-corrected chi connectivity index (χ3v) is 10.7. The van der Waals surface area contributed by atoms with Crippen molar-refractivity contribution in [3.8, 4) is 51.0 Å². The lowest BCUT2D eigenvalue weighted by Crippen LogP contribution is -2.00. The molecule has 0 radical (unpaired) electrons. The topological polar surface area (TPSA) is 43.6 Å². The maximum absolute atomic E-state index is 5.00. The standard InChI is InChI=1S/C45H28N4S/c1-4-14-29(15-5-1)43-46-44(30-16-6-2-7-17-30)48-45(47-43)32-19-12-18-31(28-32)34-23-13-24-35-36-26-27-39-40(42(36)50-41(34)35)37-22-10-11-25-38(37)49(39)33-20-8-3-9-21-33/h1-28H. The van der Waals surface area contributed by atoms with Gasteiger partial charge in [0, 0.05) is 53.3 Å². The number of benzene rings is 7. The zero-order valence-corrected chi connectivity index (χ0v) is 27.7. The highest BCUT2D eigenvalue weighted by atomic mass is 32.1. The molecular weight excluding hydrogens is 629 g/mol. The smallest absolute Gasteiger partial charge is 0.164 e. The van der Waals surface area contributed by atoms with E-state index in [2.05, 4.69) is 114 Å². The number of fused-ring (bicyclic) bond motifs is 7. The Balaban J connectivity index is 1.16. The van der Waals surface area contributed by atoms with Gasteiger partial charge in [0.1, 0.15) is 0 Å². The summed E-state index contributed by atoms with van der Waals surface area (Å²) in [6.45, 7) is 0. The molecular formula is C45H28N4S. The minimum Gasteiger partial charge on any atom is -0.309 e. The van der Waals surface area contributed by atoms with Crippen LogP contribution >= 0.6 is 11.3 Å². The van der Waals surface area contributed by atoms with Crippen molar-refractivity contribution < 1.29 is 0 Å². The first-order chi connectivity index (χ1) is 24.8. The fourth-order valence-corrected chi connectivity index (χ4v) is 8.55. The molecule has 0 N–H and O–H groups in total. The van der Waals surface area contributed by atoms with Crippen molar-refractivity contribution >= 4 is 53.3 Å². The van der Waals surface area contributed by atoms with E-state index in [0.717, 1.165) is 22.3 Å². The fraction of sp³-hybridized carbons (Fsp3) is 0. The number of hydrogen-bond donors (Lipinski definition) is 0. The van der Waals surface area contributed by atoms with Crippen LogP contribution < -0.4 is 0 Å². The highest BCUT2D eigenvalue weighted by molar-refractivity contribution is 7.27. The Labute approximate surface area is 292 Å². The van der Waals surface area contributed by atoms with Crippen LogP contribution in [0.5, 0.6) is 0 Å². The van der Waals surface area contributed by atoms with Gasteiger partial charge in [-0.15, -0.1) is 11.3 Å². The van der Waals surface area contributed by atoms with Gasteiger partial charge in [-0.1, -0.05) is 140 Å². The summed E-state index contributed by atoms with van der Waals surface area (Å²) < 4.78 is 4.97. The lowest BCUT2D eigenvalue weighted by Gasteiger charge is -2.10.